The van der Waals surface area contributed by atoms with Crippen LogP contribution in [0, 0.1) is 0 Å². The molecule has 12 heavy (non-hydrogen) atoms. The summed E-state index contributed by atoms with van der Waals surface area (Å²) < 4.78 is 5.62. The molecule has 1 nitrogen and oxygen atoms in total. The van der Waals surface area contributed by atoms with Gasteiger partial charge in [0.2, 0.25) is 0 Å². The van der Waals surface area contributed by atoms with E-state index < -0.39 is 0 Å². The molecule has 0 saturated carbocycles. The fourth-order valence-electron chi connectivity index (χ4n) is 1.25. The van der Waals surface area contributed by atoms with Gasteiger partial charge in [0.25, 0.3) is 0 Å². The van der Waals surface area contributed by atoms with Crippen molar-refractivity contribution in [2.24, 2.45) is 0 Å². The lowest BCUT2D eigenvalue weighted by Crippen LogP contribution is -1.79. The number of rotatable bonds is 4. The van der Waals surface area contributed by atoms with Crippen LogP contribution in [0.4, 0.5) is 0 Å². The second-order valence-corrected chi connectivity index (χ2v) is 3.50. The summed E-state index contributed by atoms with van der Waals surface area (Å²) in [5, 5.41) is 0. The van der Waals surface area contributed by atoms with E-state index in [1.54, 1.807) is 0 Å². The maximum Gasteiger partial charge on any atom is 0.117 e. The van der Waals surface area contributed by atoms with Crippen molar-refractivity contribution in [1.29, 1.82) is 0 Å². The second-order valence-electron chi connectivity index (χ2n) is 3.02. The van der Waals surface area contributed by atoms with Gasteiger partial charge in [-0.1, -0.05) is 13.8 Å². The van der Waals surface area contributed by atoms with Gasteiger partial charge in [-0.3, -0.25) is 0 Å². The molecule has 0 unspecified atom stereocenters. The van der Waals surface area contributed by atoms with Crippen LogP contribution in [-0.4, -0.2) is 0 Å². The van der Waals surface area contributed by atoms with E-state index in [4.69, 9.17) is 4.42 Å². The smallest absolute Gasteiger partial charge is 0.117 e. The summed E-state index contributed by atoms with van der Waals surface area (Å²) in [6.07, 6.45) is 4.28. The second kappa shape index (κ2) is 4.61. The summed E-state index contributed by atoms with van der Waals surface area (Å²) in [7, 11) is 0. The topological polar surface area (TPSA) is 13.1 Å². The average molecular weight is 184 g/mol. The van der Waals surface area contributed by atoms with Crippen LogP contribution in [0.25, 0.3) is 0 Å². The molecule has 0 N–H and O–H groups in total. The van der Waals surface area contributed by atoms with Crippen molar-refractivity contribution in [1.82, 2.24) is 0 Å². The van der Waals surface area contributed by atoms with Crippen LogP contribution in [0.15, 0.2) is 15.4 Å². The van der Waals surface area contributed by atoms with E-state index in [1.165, 1.54) is 0 Å². The molecule has 1 aromatic heterocycles. The first-order valence-corrected chi connectivity index (χ1v) is 5.03. The van der Waals surface area contributed by atoms with Gasteiger partial charge in [0, 0.05) is 17.7 Å². The van der Waals surface area contributed by atoms with Crippen LogP contribution in [0.1, 0.15) is 38.2 Å². The third kappa shape index (κ3) is 2.31. The van der Waals surface area contributed by atoms with Gasteiger partial charge >= 0.3 is 0 Å². The van der Waals surface area contributed by atoms with Crippen molar-refractivity contribution in [3.05, 3.63) is 17.6 Å². The van der Waals surface area contributed by atoms with Crippen molar-refractivity contribution in [3.8, 4) is 0 Å². The van der Waals surface area contributed by atoms with Crippen molar-refractivity contribution in [2.75, 3.05) is 0 Å². The molecule has 0 aliphatic rings. The molecule has 2 heteroatoms. The summed E-state index contributed by atoms with van der Waals surface area (Å²) in [6.45, 7) is 4.30. The Kier molecular flexibility index (Phi) is 3.73. The van der Waals surface area contributed by atoms with Crippen molar-refractivity contribution in [3.63, 3.8) is 0 Å². The highest BCUT2D eigenvalue weighted by atomic mass is 32.1. The van der Waals surface area contributed by atoms with E-state index in [0.717, 1.165) is 42.1 Å². The first-order valence-electron chi connectivity index (χ1n) is 4.58. The Balaban J connectivity index is 2.70. The van der Waals surface area contributed by atoms with E-state index in [2.05, 4.69) is 26.5 Å². The van der Waals surface area contributed by atoms with Crippen LogP contribution in [0.2, 0.25) is 0 Å². The van der Waals surface area contributed by atoms with Gasteiger partial charge in [-0.15, -0.1) is 12.6 Å². The minimum absolute atomic E-state index is 1.00. The first-order chi connectivity index (χ1) is 5.77. The molecule has 68 valence electrons. The van der Waals surface area contributed by atoms with Gasteiger partial charge in [-0.2, -0.15) is 0 Å². The minimum Gasteiger partial charge on any atom is -0.465 e. The zero-order valence-corrected chi connectivity index (χ0v) is 8.66. The first kappa shape index (κ1) is 9.72. The monoisotopic (exact) mass is 184 g/mol. The Morgan fingerprint density at radius 3 is 2.50 bits per heavy atom. The van der Waals surface area contributed by atoms with Gasteiger partial charge in [-0.25, -0.2) is 0 Å². The molecule has 0 spiro atoms. The molecule has 1 rings (SSSR count). The predicted octanol–water partition coefficient (Wildman–Crippen LogP) is 3.47. The fraction of sp³-hybridized carbons (Fsp3) is 0.600. The van der Waals surface area contributed by atoms with Gasteiger partial charge in [0.15, 0.2) is 0 Å². The van der Waals surface area contributed by atoms with Crippen LogP contribution < -0.4 is 0 Å². The van der Waals surface area contributed by atoms with Crippen LogP contribution in [0.5, 0.6) is 0 Å². The normalized spacial score (nSPS) is 10.6. The SMILES string of the molecule is CCCc1cc(S)c(CCC)o1. The Morgan fingerprint density at radius 2 is 1.92 bits per heavy atom. The highest BCUT2D eigenvalue weighted by Gasteiger charge is 2.05. The summed E-state index contributed by atoms with van der Waals surface area (Å²) in [5.41, 5.74) is 0. The van der Waals surface area contributed by atoms with Gasteiger partial charge in [0.05, 0.1) is 0 Å². The highest BCUT2D eigenvalue weighted by Crippen LogP contribution is 2.21. The van der Waals surface area contributed by atoms with Gasteiger partial charge in [-0.05, 0) is 18.9 Å². The zero-order chi connectivity index (χ0) is 8.97. The van der Waals surface area contributed by atoms with Crippen molar-refractivity contribution < 1.29 is 4.42 Å². The lowest BCUT2D eigenvalue weighted by atomic mass is 10.2. The van der Waals surface area contributed by atoms with E-state index in [9.17, 15) is 0 Å². The molecule has 0 saturated heterocycles. The molecule has 1 aromatic rings. The van der Waals surface area contributed by atoms with Crippen LogP contribution in [-0.2, 0) is 12.8 Å². The predicted molar refractivity (Wildman–Crippen MR) is 54.0 cm³/mol. The van der Waals surface area contributed by atoms with E-state index in [0.29, 0.717) is 0 Å². The summed E-state index contributed by atoms with van der Waals surface area (Å²) in [5.74, 6) is 2.12. The number of thiol groups is 1. The van der Waals surface area contributed by atoms with E-state index in [1.807, 2.05) is 6.07 Å². The lowest BCUT2D eigenvalue weighted by Gasteiger charge is -1.93. The summed E-state index contributed by atoms with van der Waals surface area (Å²) >= 11 is 4.35. The van der Waals surface area contributed by atoms with Crippen LogP contribution >= 0.6 is 12.6 Å². The summed E-state index contributed by atoms with van der Waals surface area (Å²) in [4.78, 5) is 1.01. The quantitative estimate of drug-likeness (QED) is 0.707. The molecule has 0 amide bonds. The molecule has 0 fully saturated rings. The molecule has 0 radical (unpaired) electrons. The standard InChI is InChI=1S/C10H16OS/c1-3-5-8-7-10(12)9(11-8)6-4-2/h7,12H,3-6H2,1-2H3. The number of aryl methyl sites for hydroxylation is 2. The highest BCUT2D eigenvalue weighted by molar-refractivity contribution is 7.80. The molecule has 0 aromatic carbocycles. The zero-order valence-electron chi connectivity index (χ0n) is 7.76. The maximum absolute atomic E-state index is 5.62. The molecule has 0 aliphatic carbocycles. The summed E-state index contributed by atoms with van der Waals surface area (Å²) in [6, 6.07) is 2.04. The molecule has 1 heterocycles. The maximum atomic E-state index is 5.62. The van der Waals surface area contributed by atoms with Crippen molar-refractivity contribution in [2.45, 2.75) is 44.4 Å². The minimum atomic E-state index is 1.00. The molecule has 0 bridgehead atoms. The molecule has 0 aliphatic heterocycles. The fourth-order valence-corrected chi connectivity index (χ4v) is 1.55. The van der Waals surface area contributed by atoms with Gasteiger partial charge < -0.3 is 4.42 Å². The molecular weight excluding hydrogens is 168 g/mol. The third-order valence-electron chi connectivity index (χ3n) is 1.81. The Hall–Kier alpha value is -0.370. The average Bonchev–Trinajstić information content (AvgIpc) is 2.34. The number of hydrogen-bond acceptors (Lipinski definition) is 2. The number of hydrogen-bond donors (Lipinski definition) is 1. The van der Waals surface area contributed by atoms with E-state index >= 15 is 0 Å². The van der Waals surface area contributed by atoms with E-state index in [-0.39, 0.29) is 0 Å². The Morgan fingerprint density at radius 1 is 1.25 bits per heavy atom. The largest absolute Gasteiger partial charge is 0.465 e. The number of furan rings is 1. The van der Waals surface area contributed by atoms with Crippen molar-refractivity contribution >= 4 is 12.6 Å². The molecule has 0 atom stereocenters. The lowest BCUT2D eigenvalue weighted by molar-refractivity contribution is 0.455. The Labute approximate surface area is 79.6 Å². The van der Waals surface area contributed by atoms with Crippen LogP contribution in [0.3, 0.4) is 0 Å². The molecular formula is C10H16OS. The van der Waals surface area contributed by atoms with Gasteiger partial charge in [0.1, 0.15) is 11.5 Å². The Bertz CT molecular complexity index is 240. The third-order valence-corrected chi connectivity index (χ3v) is 2.19.